The van der Waals surface area contributed by atoms with Crippen molar-refractivity contribution in [3.8, 4) is 11.4 Å². The lowest BCUT2D eigenvalue weighted by Crippen LogP contribution is -2.24. The molecule has 32 heavy (non-hydrogen) atoms. The first-order valence-corrected chi connectivity index (χ1v) is 12.6. The lowest BCUT2D eigenvalue weighted by molar-refractivity contribution is 0.325. The van der Waals surface area contributed by atoms with Crippen molar-refractivity contribution in [2.75, 3.05) is 25.1 Å². The normalized spacial score (nSPS) is 11.8. The Hall–Kier alpha value is -2.43. The summed E-state index contributed by atoms with van der Waals surface area (Å²) >= 11 is 2.31. The van der Waals surface area contributed by atoms with E-state index in [1.165, 1.54) is 3.57 Å². The number of aromatic nitrogens is 2. The molecule has 0 amide bonds. The van der Waals surface area contributed by atoms with Crippen LogP contribution in [0.25, 0.3) is 22.4 Å². The Bertz CT molecular complexity index is 1350. The third-order valence-electron chi connectivity index (χ3n) is 5.38. The summed E-state index contributed by atoms with van der Waals surface area (Å²) in [4.78, 5) is 6.91. The number of hydrogen-bond donors (Lipinski definition) is 0. The topological polar surface area (TPSA) is 64.4 Å². The van der Waals surface area contributed by atoms with Gasteiger partial charge in [-0.1, -0.05) is 17.7 Å². The minimum atomic E-state index is -3.76. The Labute approximate surface area is 202 Å². The number of rotatable bonds is 7. The molecule has 0 radical (unpaired) electrons. The largest absolute Gasteiger partial charge is 0.372 e. The van der Waals surface area contributed by atoms with Gasteiger partial charge in [-0.2, -0.15) is 8.42 Å². The summed E-state index contributed by atoms with van der Waals surface area (Å²) in [6.07, 6.45) is 0. The predicted octanol–water partition coefficient (Wildman–Crippen LogP) is 5.00. The second-order valence-corrected chi connectivity index (χ2v) is 10.5. The Morgan fingerprint density at radius 2 is 1.72 bits per heavy atom. The molecule has 1 heterocycles. The quantitative estimate of drug-likeness (QED) is 0.235. The van der Waals surface area contributed by atoms with Gasteiger partial charge in [0.25, 0.3) is 10.1 Å². The van der Waals surface area contributed by atoms with E-state index in [2.05, 4.69) is 39.3 Å². The highest BCUT2D eigenvalue weighted by Crippen LogP contribution is 2.26. The van der Waals surface area contributed by atoms with Gasteiger partial charge in [0.2, 0.25) is 0 Å². The van der Waals surface area contributed by atoms with Crippen LogP contribution < -0.4 is 4.90 Å². The summed E-state index contributed by atoms with van der Waals surface area (Å²) in [5.74, 6) is 0.906. The van der Waals surface area contributed by atoms with E-state index in [0.717, 1.165) is 33.7 Å². The Balaban J connectivity index is 1.42. The molecule has 0 saturated heterocycles. The van der Waals surface area contributed by atoms with Gasteiger partial charge in [-0.15, -0.1) is 0 Å². The highest BCUT2D eigenvalue weighted by molar-refractivity contribution is 14.1. The van der Waals surface area contributed by atoms with Crippen molar-refractivity contribution in [2.24, 2.45) is 7.05 Å². The molecule has 8 heteroatoms. The summed E-state index contributed by atoms with van der Waals surface area (Å²) < 4.78 is 33.2. The number of aryl methyl sites for hydroxylation is 2. The average Bonchev–Trinajstić information content (AvgIpc) is 3.10. The van der Waals surface area contributed by atoms with Crippen molar-refractivity contribution in [1.82, 2.24) is 9.55 Å². The summed E-state index contributed by atoms with van der Waals surface area (Å²) in [6.45, 7) is 2.42. The third-order valence-corrected chi connectivity index (χ3v) is 7.38. The zero-order valence-corrected chi connectivity index (χ0v) is 21.1. The van der Waals surface area contributed by atoms with E-state index in [1.807, 2.05) is 56.3 Å². The monoisotopic (exact) mass is 561 g/mol. The number of anilines is 1. The molecule has 0 N–H and O–H groups in total. The number of benzene rings is 3. The zero-order chi connectivity index (χ0) is 22.9. The minimum Gasteiger partial charge on any atom is -0.372 e. The van der Waals surface area contributed by atoms with E-state index in [9.17, 15) is 8.42 Å². The van der Waals surface area contributed by atoms with Crippen LogP contribution in [0.4, 0.5) is 5.69 Å². The third kappa shape index (κ3) is 4.82. The number of halogens is 1. The van der Waals surface area contributed by atoms with Gasteiger partial charge in [0.15, 0.2) is 0 Å². The Morgan fingerprint density at radius 1 is 1.03 bits per heavy atom. The van der Waals surface area contributed by atoms with Crippen LogP contribution >= 0.6 is 22.6 Å². The maximum absolute atomic E-state index is 12.3. The van der Waals surface area contributed by atoms with Crippen LogP contribution in [0, 0.1) is 10.5 Å². The minimum absolute atomic E-state index is 0.0673. The van der Waals surface area contributed by atoms with E-state index in [4.69, 9.17) is 9.17 Å². The van der Waals surface area contributed by atoms with Crippen LogP contribution in [0.1, 0.15) is 5.56 Å². The summed E-state index contributed by atoms with van der Waals surface area (Å²) in [5.41, 5.74) is 5.06. The predicted molar refractivity (Wildman–Crippen MR) is 136 cm³/mol. The van der Waals surface area contributed by atoms with Crippen molar-refractivity contribution >= 4 is 49.4 Å². The van der Waals surface area contributed by atoms with Gasteiger partial charge in [-0.25, -0.2) is 4.98 Å². The maximum atomic E-state index is 12.3. The number of nitrogens with zero attached hydrogens (tertiary/aromatic N) is 3. The molecule has 0 aliphatic rings. The Morgan fingerprint density at radius 3 is 2.41 bits per heavy atom. The smallest absolute Gasteiger partial charge is 0.297 e. The first-order valence-electron chi connectivity index (χ1n) is 10.1. The second-order valence-electron chi connectivity index (χ2n) is 7.69. The molecule has 1 aromatic heterocycles. The van der Waals surface area contributed by atoms with Crippen LogP contribution in [0.15, 0.2) is 71.6 Å². The van der Waals surface area contributed by atoms with E-state index in [-0.39, 0.29) is 11.5 Å². The van der Waals surface area contributed by atoms with Gasteiger partial charge in [0.1, 0.15) is 5.82 Å². The summed E-state index contributed by atoms with van der Waals surface area (Å²) in [5, 5.41) is 0. The van der Waals surface area contributed by atoms with Crippen LogP contribution in [-0.4, -0.2) is 38.2 Å². The van der Waals surface area contributed by atoms with Gasteiger partial charge in [-0.05, 0) is 84.1 Å². The summed E-state index contributed by atoms with van der Waals surface area (Å²) in [7, 11) is 0.174. The van der Waals surface area contributed by atoms with Crippen LogP contribution in [0.5, 0.6) is 0 Å². The fourth-order valence-electron chi connectivity index (χ4n) is 3.47. The molecule has 6 nitrogen and oxygen atoms in total. The first kappa shape index (κ1) is 22.8. The highest BCUT2D eigenvalue weighted by Gasteiger charge is 2.15. The van der Waals surface area contributed by atoms with Gasteiger partial charge >= 0.3 is 0 Å². The van der Waals surface area contributed by atoms with Crippen LogP contribution in [0.3, 0.4) is 0 Å². The fourth-order valence-corrected chi connectivity index (χ4v) is 4.85. The molecule has 0 spiro atoms. The Kier molecular flexibility index (Phi) is 6.55. The standard InChI is InChI=1S/C24H24IN3O3S/c1-17-4-11-21(12-5-17)32(29,30)31-15-14-27(2)20-9-6-18(7-10-20)24-26-22-13-8-19(25)16-23(22)28(24)3/h4-13,16H,14-15H2,1-3H3. The molecular weight excluding hydrogens is 537 g/mol. The van der Waals surface area contributed by atoms with Gasteiger partial charge < -0.3 is 9.47 Å². The second kappa shape index (κ2) is 9.21. The van der Waals surface area contributed by atoms with E-state index >= 15 is 0 Å². The van der Waals surface area contributed by atoms with Crippen molar-refractivity contribution < 1.29 is 12.6 Å². The molecule has 0 aliphatic carbocycles. The van der Waals surface area contributed by atoms with Crippen LogP contribution in [0.2, 0.25) is 0 Å². The van der Waals surface area contributed by atoms with Crippen molar-refractivity contribution in [1.29, 1.82) is 0 Å². The molecule has 0 fully saturated rings. The lowest BCUT2D eigenvalue weighted by Gasteiger charge is -2.19. The zero-order valence-electron chi connectivity index (χ0n) is 18.1. The average molecular weight is 561 g/mol. The summed E-state index contributed by atoms with van der Waals surface area (Å²) in [6, 6.07) is 20.9. The number of likely N-dealkylation sites (N-methyl/N-ethyl adjacent to an activating group) is 1. The van der Waals surface area contributed by atoms with E-state index in [1.54, 1.807) is 24.3 Å². The van der Waals surface area contributed by atoms with Gasteiger partial charge in [0.05, 0.1) is 22.5 Å². The van der Waals surface area contributed by atoms with Gasteiger partial charge in [0, 0.05) is 35.5 Å². The number of hydrogen-bond acceptors (Lipinski definition) is 5. The molecule has 4 aromatic rings. The number of imidazole rings is 1. The van der Waals surface area contributed by atoms with E-state index in [0.29, 0.717) is 6.54 Å². The lowest BCUT2D eigenvalue weighted by atomic mass is 10.2. The highest BCUT2D eigenvalue weighted by atomic mass is 127. The maximum Gasteiger partial charge on any atom is 0.297 e. The molecular formula is C24H24IN3O3S. The van der Waals surface area contributed by atoms with Crippen molar-refractivity contribution in [3.05, 3.63) is 75.9 Å². The molecule has 0 aliphatic heterocycles. The van der Waals surface area contributed by atoms with Gasteiger partial charge in [-0.3, -0.25) is 4.18 Å². The fraction of sp³-hybridized carbons (Fsp3) is 0.208. The molecule has 0 bridgehead atoms. The molecule has 4 rings (SSSR count). The van der Waals surface area contributed by atoms with Crippen molar-refractivity contribution in [2.45, 2.75) is 11.8 Å². The van der Waals surface area contributed by atoms with Crippen molar-refractivity contribution in [3.63, 3.8) is 0 Å². The molecule has 0 unspecified atom stereocenters. The number of fused-ring (bicyclic) bond motifs is 1. The molecule has 166 valence electrons. The molecule has 0 atom stereocenters. The SMILES string of the molecule is Cc1ccc(S(=O)(=O)OCCN(C)c2ccc(-c3nc4ccc(I)cc4n3C)cc2)cc1. The van der Waals surface area contributed by atoms with Crippen LogP contribution in [-0.2, 0) is 21.3 Å². The first-order chi connectivity index (χ1) is 15.2. The molecule has 0 saturated carbocycles. The van der Waals surface area contributed by atoms with E-state index < -0.39 is 10.1 Å². The molecule has 3 aromatic carbocycles.